The van der Waals surface area contributed by atoms with Crippen molar-refractivity contribution in [1.82, 2.24) is 5.32 Å². The van der Waals surface area contributed by atoms with Crippen molar-refractivity contribution >= 4 is 11.9 Å². The molecule has 1 aliphatic rings. The summed E-state index contributed by atoms with van der Waals surface area (Å²) in [7, 11) is 0. The fourth-order valence-electron chi connectivity index (χ4n) is 2.13. The molecule has 1 saturated carbocycles. The fraction of sp³-hybridized carbons (Fsp3) is 0.500. The number of carboxylic acids is 1. The van der Waals surface area contributed by atoms with Gasteiger partial charge in [0.15, 0.2) is 0 Å². The third kappa shape index (κ3) is 4.37. The zero-order chi connectivity index (χ0) is 14.6. The Morgan fingerprint density at radius 2 is 1.90 bits per heavy atom. The van der Waals surface area contributed by atoms with Crippen molar-refractivity contribution in [2.24, 2.45) is 5.41 Å². The van der Waals surface area contributed by atoms with Crippen LogP contribution in [0.3, 0.4) is 0 Å². The molecule has 20 heavy (non-hydrogen) atoms. The van der Waals surface area contributed by atoms with Crippen LogP contribution in [-0.2, 0) is 11.2 Å². The summed E-state index contributed by atoms with van der Waals surface area (Å²) in [5.74, 6) is -0.862. The average molecular weight is 275 g/mol. The Bertz CT molecular complexity index is 489. The van der Waals surface area contributed by atoms with E-state index < -0.39 is 5.97 Å². The lowest BCUT2D eigenvalue weighted by Gasteiger charge is -2.09. The quantitative estimate of drug-likeness (QED) is 0.804. The van der Waals surface area contributed by atoms with E-state index in [0.717, 1.165) is 18.5 Å². The predicted octanol–water partition coefficient (Wildman–Crippen LogP) is 2.62. The van der Waals surface area contributed by atoms with Gasteiger partial charge in [0.2, 0.25) is 5.91 Å². The first-order chi connectivity index (χ1) is 9.48. The molecule has 2 N–H and O–H groups in total. The monoisotopic (exact) mass is 275 g/mol. The van der Waals surface area contributed by atoms with Crippen LogP contribution in [0.25, 0.3) is 0 Å². The third-order valence-corrected chi connectivity index (χ3v) is 4.00. The van der Waals surface area contributed by atoms with Gasteiger partial charge in [-0.25, -0.2) is 4.79 Å². The highest BCUT2D eigenvalue weighted by Gasteiger charge is 2.36. The second-order valence-corrected chi connectivity index (χ2v) is 5.91. The number of carboxylic acid groups (broad SMARTS) is 1. The summed E-state index contributed by atoms with van der Waals surface area (Å²) in [5.41, 5.74) is 1.73. The van der Waals surface area contributed by atoms with Crippen LogP contribution in [0.4, 0.5) is 0 Å². The summed E-state index contributed by atoms with van der Waals surface area (Å²) < 4.78 is 0. The first kappa shape index (κ1) is 14.6. The van der Waals surface area contributed by atoms with Gasteiger partial charge in [-0.15, -0.1) is 0 Å². The summed E-state index contributed by atoms with van der Waals surface area (Å²) in [6, 6.07) is 6.68. The van der Waals surface area contributed by atoms with Crippen molar-refractivity contribution < 1.29 is 14.7 Å². The first-order valence-electron chi connectivity index (χ1n) is 7.07. The molecule has 0 radical (unpaired) electrons. The van der Waals surface area contributed by atoms with Crippen molar-refractivity contribution in [3.8, 4) is 0 Å². The van der Waals surface area contributed by atoms with Gasteiger partial charge in [-0.05, 0) is 48.8 Å². The summed E-state index contributed by atoms with van der Waals surface area (Å²) in [5, 5.41) is 11.7. The van der Waals surface area contributed by atoms with Crippen molar-refractivity contribution in [2.75, 3.05) is 6.54 Å². The zero-order valence-electron chi connectivity index (χ0n) is 11.8. The summed E-state index contributed by atoms with van der Waals surface area (Å²) in [6.07, 6.45) is 4.70. The summed E-state index contributed by atoms with van der Waals surface area (Å²) >= 11 is 0. The Labute approximate surface area is 119 Å². The van der Waals surface area contributed by atoms with Gasteiger partial charge in [0, 0.05) is 13.0 Å². The second-order valence-electron chi connectivity index (χ2n) is 5.91. The van der Waals surface area contributed by atoms with E-state index in [1.807, 2.05) is 0 Å². The molecule has 4 nitrogen and oxygen atoms in total. The van der Waals surface area contributed by atoms with Gasteiger partial charge in [0.25, 0.3) is 0 Å². The van der Waals surface area contributed by atoms with Crippen LogP contribution in [0.1, 0.15) is 48.5 Å². The van der Waals surface area contributed by atoms with Crippen LogP contribution in [0.2, 0.25) is 0 Å². The number of carbonyl (C=O) groups excluding carboxylic acids is 1. The number of aryl methyl sites for hydroxylation is 1. The maximum absolute atomic E-state index is 11.7. The van der Waals surface area contributed by atoms with Crippen LogP contribution in [-0.4, -0.2) is 23.5 Å². The lowest BCUT2D eigenvalue weighted by atomic mass is 10.1. The van der Waals surface area contributed by atoms with Crippen molar-refractivity contribution in [1.29, 1.82) is 0 Å². The van der Waals surface area contributed by atoms with Gasteiger partial charge < -0.3 is 10.4 Å². The molecule has 0 unspecified atom stereocenters. The van der Waals surface area contributed by atoms with Gasteiger partial charge in [-0.1, -0.05) is 19.1 Å². The minimum atomic E-state index is -0.928. The first-order valence-corrected chi connectivity index (χ1v) is 7.07. The van der Waals surface area contributed by atoms with E-state index >= 15 is 0 Å². The highest BCUT2D eigenvalue weighted by atomic mass is 16.4. The predicted molar refractivity (Wildman–Crippen MR) is 76.7 cm³/mol. The van der Waals surface area contributed by atoms with Crippen LogP contribution in [0.15, 0.2) is 24.3 Å². The van der Waals surface area contributed by atoms with E-state index in [2.05, 4.69) is 12.2 Å². The van der Waals surface area contributed by atoms with E-state index in [0.29, 0.717) is 18.3 Å². The number of hydrogen-bond acceptors (Lipinski definition) is 2. The average Bonchev–Trinajstić information content (AvgIpc) is 3.15. The molecule has 1 aliphatic carbocycles. The minimum Gasteiger partial charge on any atom is -0.478 e. The maximum atomic E-state index is 11.7. The van der Waals surface area contributed by atoms with Gasteiger partial charge in [-0.2, -0.15) is 0 Å². The molecule has 0 heterocycles. The van der Waals surface area contributed by atoms with Crippen LogP contribution >= 0.6 is 0 Å². The lowest BCUT2D eigenvalue weighted by molar-refractivity contribution is -0.121. The molecule has 2 rings (SSSR count). The van der Waals surface area contributed by atoms with E-state index in [1.54, 1.807) is 24.3 Å². The van der Waals surface area contributed by atoms with E-state index in [-0.39, 0.29) is 11.5 Å². The molecule has 0 aromatic heterocycles. The van der Waals surface area contributed by atoms with Crippen LogP contribution < -0.4 is 5.32 Å². The van der Waals surface area contributed by atoms with Crippen LogP contribution in [0, 0.1) is 5.41 Å². The molecule has 0 atom stereocenters. The smallest absolute Gasteiger partial charge is 0.335 e. The fourth-order valence-corrected chi connectivity index (χ4v) is 2.13. The van der Waals surface area contributed by atoms with Crippen LogP contribution in [0.5, 0.6) is 0 Å². The Morgan fingerprint density at radius 3 is 2.45 bits per heavy atom. The number of aromatic carboxylic acids is 1. The Balaban J connectivity index is 1.68. The number of amides is 1. The van der Waals surface area contributed by atoms with Gasteiger partial charge in [0.05, 0.1) is 5.56 Å². The van der Waals surface area contributed by atoms with Crippen molar-refractivity contribution in [3.05, 3.63) is 35.4 Å². The molecule has 0 spiro atoms. The molecular formula is C16H21NO3. The molecule has 0 saturated heterocycles. The summed E-state index contributed by atoms with van der Waals surface area (Å²) in [6.45, 7) is 3.01. The highest BCUT2D eigenvalue weighted by molar-refractivity contribution is 5.87. The molecule has 4 heteroatoms. The topological polar surface area (TPSA) is 66.4 Å². The lowest BCUT2D eigenvalue weighted by Crippen LogP contribution is -2.26. The molecule has 0 bridgehead atoms. The Morgan fingerprint density at radius 1 is 1.25 bits per heavy atom. The standard InChI is InChI=1S/C16H21NO3/c1-16(8-9-16)10-11-17-14(18)7-4-12-2-5-13(6-3-12)15(19)20/h2-3,5-6H,4,7-11H2,1H3,(H,17,18)(H,19,20). The number of hydrogen-bond donors (Lipinski definition) is 2. The van der Waals surface area contributed by atoms with E-state index in [4.69, 9.17) is 5.11 Å². The summed E-state index contributed by atoms with van der Waals surface area (Å²) in [4.78, 5) is 22.4. The van der Waals surface area contributed by atoms with E-state index in [9.17, 15) is 9.59 Å². The van der Waals surface area contributed by atoms with Crippen molar-refractivity contribution in [2.45, 2.75) is 39.0 Å². The normalized spacial score (nSPS) is 15.7. The third-order valence-electron chi connectivity index (χ3n) is 4.00. The van der Waals surface area contributed by atoms with E-state index in [1.165, 1.54) is 12.8 Å². The number of carbonyl (C=O) groups is 2. The minimum absolute atomic E-state index is 0.0663. The number of rotatable bonds is 7. The molecular weight excluding hydrogens is 254 g/mol. The molecule has 1 fully saturated rings. The van der Waals surface area contributed by atoms with Gasteiger partial charge in [0.1, 0.15) is 0 Å². The van der Waals surface area contributed by atoms with Gasteiger partial charge >= 0.3 is 5.97 Å². The van der Waals surface area contributed by atoms with Gasteiger partial charge in [-0.3, -0.25) is 4.79 Å². The SMILES string of the molecule is CC1(CCNC(=O)CCc2ccc(C(=O)O)cc2)CC1. The molecule has 1 aromatic rings. The molecule has 1 amide bonds. The Hall–Kier alpha value is -1.84. The number of nitrogens with one attached hydrogen (secondary N) is 1. The molecule has 108 valence electrons. The number of benzene rings is 1. The largest absolute Gasteiger partial charge is 0.478 e. The molecule has 1 aromatic carbocycles. The molecule has 0 aliphatic heterocycles. The second kappa shape index (κ2) is 6.07. The maximum Gasteiger partial charge on any atom is 0.335 e. The Kier molecular flexibility index (Phi) is 4.42. The van der Waals surface area contributed by atoms with Crippen molar-refractivity contribution in [3.63, 3.8) is 0 Å². The highest BCUT2D eigenvalue weighted by Crippen LogP contribution is 2.47. The zero-order valence-corrected chi connectivity index (χ0v) is 11.8.